The predicted octanol–water partition coefficient (Wildman–Crippen LogP) is 3.21. The van der Waals surface area contributed by atoms with Crippen LogP contribution < -0.4 is 14.4 Å². The van der Waals surface area contributed by atoms with Gasteiger partial charge in [-0.1, -0.05) is 6.07 Å². The van der Waals surface area contributed by atoms with E-state index in [-0.39, 0.29) is 18.1 Å². The zero-order chi connectivity index (χ0) is 21.3. The fourth-order valence-electron chi connectivity index (χ4n) is 4.08. The van der Waals surface area contributed by atoms with Crippen LogP contribution in [0.1, 0.15) is 35.7 Å². The molecule has 2 aliphatic heterocycles. The molecule has 2 atom stereocenters. The topological polar surface area (TPSA) is 84.9 Å². The highest BCUT2D eigenvalue weighted by molar-refractivity contribution is 7.92. The lowest BCUT2D eigenvalue weighted by atomic mass is 10.1. The summed E-state index contributed by atoms with van der Waals surface area (Å²) in [6.45, 7) is 3.14. The van der Waals surface area contributed by atoms with Crippen molar-refractivity contribution in [3.8, 4) is 5.75 Å². The second kappa shape index (κ2) is 8.28. The van der Waals surface area contributed by atoms with Crippen LogP contribution in [0.25, 0.3) is 0 Å². The Morgan fingerprint density at radius 1 is 1.27 bits per heavy atom. The van der Waals surface area contributed by atoms with Gasteiger partial charge in [0.25, 0.3) is 5.91 Å². The molecule has 30 heavy (non-hydrogen) atoms. The van der Waals surface area contributed by atoms with Gasteiger partial charge in [-0.2, -0.15) is 0 Å². The first kappa shape index (κ1) is 20.7. The molecule has 4 rings (SSSR count). The third-order valence-corrected chi connectivity index (χ3v) is 6.68. The van der Waals surface area contributed by atoms with E-state index in [0.717, 1.165) is 25.0 Å². The summed E-state index contributed by atoms with van der Waals surface area (Å²) in [5.74, 6) is 0.425. The fraction of sp³-hybridized carbons (Fsp3) is 0.409. The molecule has 2 unspecified atom stereocenters. The minimum absolute atomic E-state index is 0.128. The van der Waals surface area contributed by atoms with E-state index in [1.807, 2.05) is 19.1 Å². The molecule has 2 aromatic rings. The molecule has 8 heteroatoms. The average Bonchev–Trinajstić information content (AvgIpc) is 3.32. The van der Waals surface area contributed by atoms with Crippen LogP contribution in [-0.2, 0) is 21.2 Å². The van der Waals surface area contributed by atoms with E-state index in [9.17, 15) is 13.2 Å². The number of carbonyl (C=O) groups excluding carboxylic acids is 1. The molecule has 0 aliphatic carbocycles. The summed E-state index contributed by atoms with van der Waals surface area (Å²) in [7, 11) is -3.35. The summed E-state index contributed by atoms with van der Waals surface area (Å²) in [5, 5.41) is 2.89. The molecule has 0 aromatic heterocycles. The number of hydrogen-bond acceptors (Lipinski definition) is 5. The van der Waals surface area contributed by atoms with Gasteiger partial charge in [0.15, 0.2) is 0 Å². The lowest BCUT2D eigenvalue weighted by molar-refractivity contribution is 0.0680. The zero-order valence-corrected chi connectivity index (χ0v) is 17.9. The van der Waals surface area contributed by atoms with Crippen molar-refractivity contribution >= 4 is 27.3 Å². The minimum atomic E-state index is -3.35. The number of rotatable bonds is 6. The van der Waals surface area contributed by atoms with Crippen LogP contribution in [-0.4, -0.2) is 45.9 Å². The molecule has 0 bridgehead atoms. The fourth-order valence-corrected chi connectivity index (χ4v) is 5.34. The van der Waals surface area contributed by atoms with Gasteiger partial charge in [-0.15, -0.1) is 0 Å². The molecule has 7 nitrogen and oxygen atoms in total. The number of anilines is 2. The van der Waals surface area contributed by atoms with Crippen molar-refractivity contribution in [2.45, 2.75) is 38.3 Å². The second-order valence-electron chi connectivity index (χ2n) is 7.88. The van der Waals surface area contributed by atoms with Gasteiger partial charge in [0.1, 0.15) is 12.4 Å². The third-order valence-electron chi connectivity index (χ3n) is 5.40. The maximum absolute atomic E-state index is 12.7. The van der Waals surface area contributed by atoms with Gasteiger partial charge in [0, 0.05) is 30.0 Å². The second-order valence-corrected chi connectivity index (χ2v) is 9.74. The van der Waals surface area contributed by atoms with Crippen LogP contribution in [0.4, 0.5) is 11.4 Å². The molecule has 2 heterocycles. The highest BCUT2D eigenvalue weighted by Gasteiger charge is 2.32. The zero-order valence-electron chi connectivity index (χ0n) is 17.1. The molecule has 2 aliphatic rings. The Bertz CT molecular complexity index is 1050. The van der Waals surface area contributed by atoms with Crippen molar-refractivity contribution in [1.29, 1.82) is 0 Å². The number of ether oxygens (including phenoxy) is 2. The first-order chi connectivity index (χ1) is 14.3. The van der Waals surface area contributed by atoms with Gasteiger partial charge in [-0.25, -0.2) is 8.42 Å². The number of sulfonamides is 1. The molecule has 1 saturated heterocycles. The molecule has 0 radical (unpaired) electrons. The Kier molecular flexibility index (Phi) is 5.71. The van der Waals surface area contributed by atoms with Crippen LogP contribution in [0.15, 0.2) is 42.5 Å². The number of benzene rings is 2. The summed E-state index contributed by atoms with van der Waals surface area (Å²) >= 11 is 0. The van der Waals surface area contributed by atoms with E-state index in [1.54, 1.807) is 30.3 Å². The Morgan fingerprint density at radius 2 is 2.10 bits per heavy atom. The van der Waals surface area contributed by atoms with E-state index < -0.39 is 10.0 Å². The molecule has 0 saturated carbocycles. The predicted molar refractivity (Wildman–Crippen MR) is 116 cm³/mol. The molecule has 0 spiro atoms. The highest BCUT2D eigenvalue weighted by atomic mass is 32.2. The quantitative estimate of drug-likeness (QED) is 0.761. The normalized spacial score (nSPS) is 20.8. The molecular weight excluding hydrogens is 404 g/mol. The largest absolute Gasteiger partial charge is 0.491 e. The van der Waals surface area contributed by atoms with Gasteiger partial charge in [0.05, 0.1) is 18.0 Å². The summed E-state index contributed by atoms with van der Waals surface area (Å²) in [6.07, 6.45) is 3.97. The number of nitrogens with zero attached hydrogens (tertiary/aromatic N) is 1. The van der Waals surface area contributed by atoms with Crippen molar-refractivity contribution in [2.24, 2.45) is 0 Å². The first-order valence-electron chi connectivity index (χ1n) is 10.1. The summed E-state index contributed by atoms with van der Waals surface area (Å²) in [4.78, 5) is 12.7. The van der Waals surface area contributed by atoms with E-state index in [0.29, 0.717) is 35.7 Å². The number of hydrogen-bond donors (Lipinski definition) is 1. The van der Waals surface area contributed by atoms with E-state index in [1.165, 1.54) is 10.6 Å². The van der Waals surface area contributed by atoms with Crippen molar-refractivity contribution < 1.29 is 22.7 Å². The third kappa shape index (κ3) is 4.44. The van der Waals surface area contributed by atoms with Gasteiger partial charge >= 0.3 is 0 Å². The van der Waals surface area contributed by atoms with Gasteiger partial charge < -0.3 is 14.8 Å². The van der Waals surface area contributed by atoms with E-state index in [2.05, 4.69) is 5.32 Å². The summed E-state index contributed by atoms with van der Waals surface area (Å²) in [6, 6.07) is 12.2. The van der Waals surface area contributed by atoms with Crippen LogP contribution in [0.5, 0.6) is 5.75 Å². The lowest BCUT2D eigenvalue weighted by Gasteiger charge is -2.21. The Balaban J connectivity index is 1.44. The van der Waals surface area contributed by atoms with Crippen molar-refractivity contribution in [3.05, 3.63) is 53.6 Å². The van der Waals surface area contributed by atoms with E-state index >= 15 is 0 Å². The standard InChI is InChI=1S/C22H26N2O5S/c1-15-11-17-12-16(8-9-21(17)24(15)30(2,26)27)22(25)23-18-5-3-6-19(13-18)29-14-20-7-4-10-28-20/h3,5-6,8-9,12-13,15,20H,4,7,10-11,14H2,1-2H3,(H,23,25). The maximum atomic E-state index is 12.7. The van der Waals surface area contributed by atoms with Crippen LogP contribution in [0.3, 0.4) is 0 Å². The molecule has 2 aromatic carbocycles. The highest BCUT2D eigenvalue weighted by Crippen LogP contribution is 2.34. The van der Waals surface area contributed by atoms with Gasteiger partial charge in [-0.05, 0) is 62.1 Å². The van der Waals surface area contributed by atoms with Crippen molar-refractivity contribution in [2.75, 3.05) is 29.1 Å². The molecule has 160 valence electrons. The molecule has 1 fully saturated rings. The Labute approximate surface area is 177 Å². The number of amides is 1. The van der Waals surface area contributed by atoms with Crippen molar-refractivity contribution in [3.63, 3.8) is 0 Å². The molecular formula is C22H26N2O5S. The van der Waals surface area contributed by atoms with E-state index in [4.69, 9.17) is 9.47 Å². The average molecular weight is 431 g/mol. The maximum Gasteiger partial charge on any atom is 0.255 e. The summed E-state index contributed by atoms with van der Waals surface area (Å²) < 4.78 is 36.9. The number of fused-ring (bicyclic) bond motifs is 1. The smallest absolute Gasteiger partial charge is 0.255 e. The minimum Gasteiger partial charge on any atom is -0.491 e. The van der Waals surface area contributed by atoms with Crippen LogP contribution >= 0.6 is 0 Å². The Hall–Kier alpha value is -2.58. The van der Waals surface area contributed by atoms with Gasteiger partial charge in [0.2, 0.25) is 10.0 Å². The number of nitrogens with one attached hydrogen (secondary N) is 1. The monoisotopic (exact) mass is 430 g/mol. The first-order valence-corrected chi connectivity index (χ1v) is 11.9. The Morgan fingerprint density at radius 3 is 2.83 bits per heavy atom. The van der Waals surface area contributed by atoms with Crippen molar-refractivity contribution in [1.82, 2.24) is 0 Å². The number of carbonyl (C=O) groups is 1. The van der Waals surface area contributed by atoms with Gasteiger partial charge in [-0.3, -0.25) is 9.10 Å². The van der Waals surface area contributed by atoms with Crippen LogP contribution in [0.2, 0.25) is 0 Å². The lowest BCUT2D eigenvalue weighted by Crippen LogP contribution is -2.34. The van der Waals surface area contributed by atoms with Crippen LogP contribution in [0, 0.1) is 0 Å². The molecule has 1 N–H and O–H groups in total. The SMILES string of the molecule is CC1Cc2cc(C(=O)Nc3cccc(OCC4CCCO4)c3)ccc2N1S(C)(=O)=O. The summed E-state index contributed by atoms with van der Waals surface area (Å²) in [5.41, 5.74) is 2.62. The molecule has 1 amide bonds.